The van der Waals surface area contributed by atoms with Gasteiger partial charge < -0.3 is 19.7 Å². The Morgan fingerprint density at radius 1 is 0.775 bits per heavy atom. The molecule has 0 aromatic heterocycles. The maximum Gasteiger partial charge on any atom is 0.340 e. The Bertz CT molecular complexity index is 1540. The third kappa shape index (κ3) is 4.58. The summed E-state index contributed by atoms with van der Waals surface area (Å²) >= 11 is 6.35. The molecular formula is C34H33ClN2O3. The van der Waals surface area contributed by atoms with Crippen molar-refractivity contribution in [2.45, 2.75) is 45.1 Å². The summed E-state index contributed by atoms with van der Waals surface area (Å²) in [7, 11) is 0. The van der Waals surface area contributed by atoms with Gasteiger partial charge in [-0.2, -0.15) is 0 Å². The summed E-state index contributed by atoms with van der Waals surface area (Å²) in [5.41, 5.74) is 4.92. The number of halogens is 1. The molecule has 0 radical (unpaired) electrons. The lowest BCUT2D eigenvalue weighted by Crippen LogP contribution is -2.33. The second-order valence-corrected chi connectivity index (χ2v) is 10.9. The summed E-state index contributed by atoms with van der Waals surface area (Å²) in [6.45, 7) is 6.62. The van der Waals surface area contributed by atoms with E-state index in [-0.39, 0.29) is 5.97 Å². The molecule has 0 aliphatic carbocycles. The van der Waals surface area contributed by atoms with Crippen molar-refractivity contribution in [2.75, 3.05) is 23.3 Å². The highest BCUT2D eigenvalue weighted by Crippen LogP contribution is 2.56. The normalized spacial score (nSPS) is 16.5. The molecule has 0 bridgehead atoms. The number of unbranched alkanes of at least 4 members (excludes halogenated alkanes) is 2. The zero-order valence-corrected chi connectivity index (χ0v) is 23.6. The van der Waals surface area contributed by atoms with E-state index >= 15 is 0 Å². The molecule has 5 nitrogen and oxygen atoms in total. The van der Waals surface area contributed by atoms with E-state index in [0.29, 0.717) is 22.1 Å². The molecule has 204 valence electrons. The first-order valence-electron chi connectivity index (χ1n) is 14.1. The average molecular weight is 553 g/mol. The Labute approximate surface area is 240 Å². The monoisotopic (exact) mass is 552 g/mol. The fourth-order valence-electron chi connectivity index (χ4n) is 5.72. The summed E-state index contributed by atoms with van der Waals surface area (Å²) < 4.78 is 12.6. The smallest absolute Gasteiger partial charge is 0.340 e. The first kappa shape index (κ1) is 26.3. The van der Waals surface area contributed by atoms with Crippen LogP contribution in [0.1, 0.15) is 66.6 Å². The van der Waals surface area contributed by atoms with Gasteiger partial charge in [-0.1, -0.05) is 56.5 Å². The third-order valence-electron chi connectivity index (χ3n) is 7.76. The zero-order valence-electron chi connectivity index (χ0n) is 22.9. The number of ether oxygens (including phenoxy) is 2. The molecule has 2 heterocycles. The summed E-state index contributed by atoms with van der Waals surface area (Å²) in [6.07, 6.45) is 4.75. The van der Waals surface area contributed by atoms with Crippen molar-refractivity contribution >= 4 is 34.6 Å². The van der Waals surface area contributed by atoms with Crippen LogP contribution in [0, 0.1) is 0 Å². The molecular weight excluding hydrogens is 520 g/mol. The van der Waals surface area contributed by atoms with Gasteiger partial charge in [-0.3, -0.25) is 0 Å². The van der Waals surface area contributed by atoms with E-state index in [1.807, 2.05) is 48.5 Å². The highest BCUT2D eigenvalue weighted by Gasteiger charge is 2.53. The number of carbonyl (C=O) groups excluding carboxylic acids is 1. The summed E-state index contributed by atoms with van der Waals surface area (Å²) in [4.78, 5) is 15.5. The number of hydrogen-bond acceptors (Lipinski definition) is 5. The Morgan fingerprint density at radius 3 is 2.15 bits per heavy atom. The lowest BCUT2D eigenvalue weighted by molar-refractivity contribution is 0.0224. The molecule has 6 rings (SSSR count). The van der Waals surface area contributed by atoms with Crippen LogP contribution < -0.4 is 15.0 Å². The number of rotatable bonds is 9. The van der Waals surface area contributed by atoms with Crippen molar-refractivity contribution in [1.82, 2.24) is 0 Å². The minimum Gasteiger partial charge on any atom is -0.456 e. The maximum atomic E-state index is 13.0. The molecule has 40 heavy (non-hydrogen) atoms. The lowest BCUT2D eigenvalue weighted by atomic mass is 9.77. The van der Waals surface area contributed by atoms with E-state index in [4.69, 9.17) is 21.1 Å². The number of nitrogens with one attached hydrogen (secondary N) is 1. The molecule has 6 heteroatoms. The number of nitrogens with zero attached hydrogens (tertiary/aromatic N) is 1. The van der Waals surface area contributed by atoms with E-state index in [9.17, 15) is 4.79 Å². The van der Waals surface area contributed by atoms with Gasteiger partial charge in [0.1, 0.15) is 11.5 Å². The molecule has 4 aromatic rings. The number of anilines is 3. The third-order valence-corrected chi connectivity index (χ3v) is 8.00. The Hall–Kier alpha value is -3.96. The summed E-state index contributed by atoms with van der Waals surface area (Å²) in [6, 6.07) is 27.5. The van der Waals surface area contributed by atoms with Gasteiger partial charge in [0, 0.05) is 57.9 Å². The van der Waals surface area contributed by atoms with E-state index in [0.717, 1.165) is 41.2 Å². The van der Waals surface area contributed by atoms with Crippen LogP contribution >= 0.6 is 11.6 Å². The maximum absolute atomic E-state index is 13.0. The minimum absolute atomic E-state index is 0.349. The molecule has 0 fully saturated rings. The number of esters is 1. The van der Waals surface area contributed by atoms with Gasteiger partial charge >= 0.3 is 5.97 Å². The molecule has 2 aliphatic rings. The van der Waals surface area contributed by atoms with E-state index in [2.05, 4.69) is 48.3 Å². The second-order valence-electron chi connectivity index (χ2n) is 10.4. The molecule has 4 aromatic carbocycles. The Kier molecular flexibility index (Phi) is 7.16. The molecule has 1 spiro atoms. The average Bonchev–Trinajstić information content (AvgIpc) is 3.26. The molecule has 1 atom stereocenters. The predicted molar refractivity (Wildman–Crippen MR) is 161 cm³/mol. The van der Waals surface area contributed by atoms with Crippen LogP contribution in [0.3, 0.4) is 0 Å². The van der Waals surface area contributed by atoms with Crippen molar-refractivity contribution in [2.24, 2.45) is 0 Å². The van der Waals surface area contributed by atoms with E-state index < -0.39 is 5.60 Å². The summed E-state index contributed by atoms with van der Waals surface area (Å²) in [5, 5.41) is 4.07. The van der Waals surface area contributed by atoms with Gasteiger partial charge in [-0.15, -0.1) is 0 Å². The minimum atomic E-state index is -1.10. The summed E-state index contributed by atoms with van der Waals surface area (Å²) in [5.74, 6) is 0.843. The van der Waals surface area contributed by atoms with Crippen molar-refractivity contribution in [1.29, 1.82) is 0 Å². The van der Waals surface area contributed by atoms with Crippen molar-refractivity contribution in [3.05, 3.63) is 112 Å². The Morgan fingerprint density at radius 2 is 1.43 bits per heavy atom. The van der Waals surface area contributed by atoms with Gasteiger partial charge in [-0.05, 0) is 73.5 Å². The number of benzene rings is 4. The van der Waals surface area contributed by atoms with Crippen LogP contribution in [0.25, 0.3) is 0 Å². The Balaban J connectivity index is 1.33. The first-order valence-corrected chi connectivity index (χ1v) is 14.5. The lowest BCUT2D eigenvalue weighted by Gasteiger charge is -2.36. The van der Waals surface area contributed by atoms with Gasteiger partial charge in [0.15, 0.2) is 5.60 Å². The molecule has 0 saturated carbocycles. The van der Waals surface area contributed by atoms with Gasteiger partial charge in [-0.25, -0.2) is 4.79 Å². The predicted octanol–water partition coefficient (Wildman–Crippen LogP) is 9.06. The van der Waals surface area contributed by atoms with Crippen molar-refractivity contribution < 1.29 is 14.3 Å². The zero-order chi connectivity index (χ0) is 27.7. The largest absolute Gasteiger partial charge is 0.456 e. The molecule has 0 saturated heterocycles. The quantitative estimate of drug-likeness (QED) is 0.210. The highest BCUT2D eigenvalue weighted by molar-refractivity contribution is 6.30. The fourth-order valence-corrected chi connectivity index (χ4v) is 5.88. The molecule has 0 amide bonds. The number of hydrogen-bond donors (Lipinski definition) is 1. The molecule has 1 N–H and O–H groups in total. The van der Waals surface area contributed by atoms with Crippen LogP contribution in [0.15, 0.2) is 84.9 Å². The molecule has 1 unspecified atom stereocenters. The van der Waals surface area contributed by atoms with Crippen LogP contribution in [-0.4, -0.2) is 19.1 Å². The highest BCUT2D eigenvalue weighted by atomic mass is 35.5. The molecule has 2 aliphatic heterocycles. The van der Waals surface area contributed by atoms with Crippen LogP contribution in [0.2, 0.25) is 5.02 Å². The van der Waals surface area contributed by atoms with Gasteiger partial charge in [0.25, 0.3) is 0 Å². The van der Waals surface area contributed by atoms with Crippen molar-refractivity contribution in [3.63, 3.8) is 0 Å². The standard InChI is InChI=1S/C34H33ClN2O3/c1-3-5-19-37(20-6-4-2)26-15-12-24(13-16-26)36-25-14-18-30-32(22-25)39-31-21-23(35)11-17-29(31)34(30)28-10-8-7-9-27(28)33(38)40-34/h7-18,21-22,36H,3-6,19-20H2,1-2H3. The number of carbonyl (C=O) groups is 1. The SMILES string of the molecule is CCCCN(CCCC)c1ccc(Nc2ccc3c(c2)Oc2cc(Cl)ccc2C32OC(=O)c3ccccc32)cc1. The fraction of sp³-hybridized carbons (Fsp3) is 0.265. The van der Waals surface area contributed by atoms with E-state index in [1.165, 1.54) is 31.4 Å². The van der Waals surface area contributed by atoms with Gasteiger partial charge in [0.05, 0.1) is 5.56 Å². The van der Waals surface area contributed by atoms with Gasteiger partial charge in [0.2, 0.25) is 0 Å². The topological polar surface area (TPSA) is 50.8 Å². The first-order chi connectivity index (χ1) is 19.5. The second kappa shape index (κ2) is 10.9. The van der Waals surface area contributed by atoms with E-state index in [1.54, 1.807) is 12.1 Å². The van der Waals surface area contributed by atoms with Crippen LogP contribution in [0.5, 0.6) is 11.5 Å². The number of fused-ring (bicyclic) bond motifs is 6. The van der Waals surface area contributed by atoms with Crippen LogP contribution in [-0.2, 0) is 10.3 Å². The van der Waals surface area contributed by atoms with Crippen molar-refractivity contribution in [3.8, 4) is 11.5 Å². The van der Waals surface area contributed by atoms with Crippen LogP contribution in [0.4, 0.5) is 17.1 Å².